The van der Waals surface area contributed by atoms with Gasteiger partial charge in [0.15, 0.2) is 0 Å². The van der Waals surface area contributed by atoms with Gasteiger partial charge in [-0.25, -0.2) is 0 Å². The van der Waals surface area contributed by atoms with E-state index in [4.69, 9.17) is 12.2 Å². The molecule has 2 N–H and O–H groups in total. The quantitative estimate of drug-likeness (QED) is 0.716. The average Bonchev–Trinajstić information content (AvgIpc) is 2.19. The van der Waals surface area contributed by atoms with Crippen molar-refractivity contribution in [2.45, 2.75) is 6.54 Å². The van der Waals surface area contributed by atoms with E-state index in [-0.39, 0.29) is 0 Å². The van der Waals surface area contributed by atoms with Crippen molar-refractivity contribution >= 4 is 12.2 Å². The first-order valence-electron chi connectivity index (χ1n) is 4.96. The van der Waals surface area contributed by atoms with Crippen LogP contribution in [0.15, 0.2) is 18.2 Å². The van der Waals surface area contributed by atoms with E-state index in [0.717, 1.165) is 37.4 Å². The maximum atomic E-state index is 5.08. The molecule has 4 heteroatoms. The van der Waals surface area contributed by atoms with E-state index < -0.39 is 0 Å². The number of H-pyrrole nitrogens is 1. The fourth-order valence-corrected chi connectivity index (χ4v) is 1.91. The molecule has 1 aliphatic heterocycles. The number of nitrogens with one attached hydrogen (secondary N) is 2. The number of hydrogen-bond donors (Lipinski definition) is 2. The van der Waals surface area contributed by atoms with Gasteiger partial charge in [0, 0.05) is 38.4 Å². The molecule has 0 amide bonds. The van der Waals surface area contributed by atoms with Gasteiger partial charge < -0.3 is 10.3 Å². The third-order valence-corrected chi connectivity index (χ3v) is 2.67. The van der Waals surface area contributed by atoms with E-state index >= 15 is 0 Å². The molecule has 3 nitrogen and oxygen atoms in total. The van der Waals surface area contributed by atoms with Gasteiger partial charge in [-0.05, 0) is 12.1 Å². The summed E-state index contributed by atoms with van der Waals surface area (Å²) >= 11 is 5.08. The Morgan fingerprint density at radius 3 is 2.79 bits per heavy atom. The molecule has 0 spiro atoms. The van der Waals surface area contributed by atoms with E-state index in [0.29, 0.717) is 0 Å². The zero-order valence-corrected chi connectivity index (χ0v) is 8.94. The average molecular weight is 209 g/mol. The second-order valence-electron chi connectivity index (χ2n) is 3.57. The molecule has 1 saturated heterocycles. The smallest absolute Gasteiger partial charge is 0.103 e. The molecule has 0 bridgehead atoms. The van der Waals surface area contributed by atoms with Crippen molar-refractivity contribution in [3.05, 3.63) is 28.5 Å². The standard InChI is InChI=1S/C10H15N3S/c14-10-3-1-2-9(12-10)8-13-6-4-11-5-7-13/h1-3,11H,4-8H2,(H,12,14). The molecule has 1 aliphatic rings. The van der Waals surface area contributed by atoms with Crippen molar-refractivity contribution in [2.24, 2.45) is 0 Å². The Labute approximate surface area is 89.1 Å². The van der Waals surface area contributed by atoms with Crippen molar-refractivity contribution in [1.29, 1.82) is 0 Å². The number of aromatic amines is 1. The van der Waals surface area contributed by atoms with Gasteiger partial charge in [0.1, 0.15) is 4.64 Å². The molecule has 0 atom stereocenters. The Balaban J connectivity index is 1.99. The largest absolute Gasteiger partial charge is 0.349 e. The lowest BCUT2D eigenvalue weighted by Gasteiger charge is -2.26. The highest BCUT2D eigenvalue weighted by atomic mass is 32.1. The fraction of sp³-hybridized carbons (Fsp3) is 0.500. The summed E-state index contributed by atoms with van der Waals surface area (Å²) in [4.78, 5) is 5.64. The lowest BCUT2D eigenvalue weighted by Crippen LogP contribution is -2.43. The van der Waals surface area contributed by atoms with Crippen LogP contribution in [0.4, 0.5) is 0 Å². The highest BCUT2D eigenvalue weighted by molar-refractivity contribution is 7.71. The van der Waals surface area contributed by atoms with E-state index in [9.17, 15) is 0 Å². The third kappa shape index (κ3) is 2.64. The molecule has 14 heavy (non-hydrogen) atoms. The summed E-state index contributed by atoms with van der Waals surface area (Å²) in [5.41, 5.74) is 1.21. The van der Waals surface area contributed by atoms with Crippen LogP contribution in [0.25, 0.3) is 0 Å². The first kappa shape index (κ1) is 9.83. The summed E-state index contributed by atoms with van der Waals surface area (Å²) in [7, 11) is 0. The number of aromatic nitrogens is 1. The van der Waals surface area contributed by atoms with Crippen LogP contribution in [-0.2, 0) is 6.54 Å². The van der Waals surface area contributed by atoms with E-state index in [1.54, 1.807) is 0 Å². The molecule has 0 saturated carbocycles. The second-order valence-corrected chi connectivity index (χ2v) is 4.01. The minimum Gasteiger partial charge on any atom is -0.349 e. The van der Waals surface area contributed by atoms with Crippen LogP contribution in [0.3, 0.4) is 0 Å². The van der Waals surface area contributed by atoms with Gasteiger partial charge in [-0.1, -0.05) is 18.3 Å². The van der Waals surface area contributed by atoms with Gasteiger partial charge in [0.05, 0.1) is 0 Å². The van der Waals surface area contributed by atoms with Crippen molar-refractivity contribution in [3.63, 3.8) is 0 Å². The van der Waals surface area contributed by atoms with Crippen LogP contribution in [0.1, 0.15) is 5.69 Å². The first-order chi connectivity index (χ1) is 6.84. The highest BCUT2D eigenvalue weighted by Crippen LogP contribution is 2.02. The normalized spacial score (nSPS) is 18.3. The first-order valence-corrected chi connectivity index (χ1v) is 5.37. The number of piperazine rings is 1. The Morgan fingerprint density at radius 2 is 2.07 bits per heavy atom. The Bertz CT molecular complexity index is 341. The molecular weight excluding hydrogens is 194 g/mol. The maximum Gasteiger partial charge on any atom is 0.103 e. The monoisotopic (exact) mass is 209 g/mol. The van der Waals surface area contributed by atoms with Crippen molar-refractivity contribution < 1.29 is 0 Å². The number of nitrogens with zero attached hydrogens (tertiary/aromatic N) is 1. The summed E-state index contributed by atoms with van der Waals surface area (Å²) in [6.45, 7) is 5.40. The number of pyridine rings is 1. The summed E-state index contributed by atoms with van der Waals surface area (Å²) in [6.07, 6.45) is 0. The summed E-state index contributed by atoms with van der Waals surface area (Å²) in [5, 5.41) is 3.34. The molecule has 0 aliphatic carbocycles. The zero-order valence-electron chi connectivity index (χ0n) is 8.12. The Hall–Kier alpha value is -0.710. The fourth-order valence-electron chi connectivity index (χ4n) is 1.70. The second kappa shape index (κ2) is 4.68. The van der Waals surface area contributed by atoms with Gasteiger partial charge in [-0.2, -0.15) is 0 Å². The molecular formula is C10H15N3S. The van der Waals surface area contributed by atoms with Crippen molar-refractivity contribution in [2.75, 3.05) is 26.2 Å². The topological polar surface area (TPSA) is 31.1 Å². The molecule has 1 aromatic heterocycles. The Kier molecular flexibility index (Phi) is 3.29. The minimum atomic E-state index is 0.817. The summed E-state index contributed by atoms with van der Waals surface area (Å²) in [5.74, 6) is 0. The van der Waals surface area contributed by atoms with Crippen LogP contribution in [0, 0.1) is 4.64 Å². The molecule has 0 aromatic carbocycles. The van der Waals surface area contributed by atoms with Crippen LogP contribution in [0.2, 0.25) is 0 Å². The van der Waals surface area contributed by atoms with Crippen molar-refractivity contribution in [3.8, 4) is 0 Å². The third-order valence-electron chi connectivity index (χ3n) is 2.43. The van der Waals surface area contributed by atoms with Gasteiger partial charge in [-0.15, -0.1) is 0 Å². The molecule has 0 radical (unpaired) electrons. The molecule has 0 unspecified atom stereocenters. The molecule has 2 rings (SSSR count). The van der Waals surface area contributed by atoms with Crippen molar-refractivity contribution in [1.82, 2.24) is 15.2 Å². The lowest BCUT2D eigenvalue weighted by molar-refractivity contribution is 0.230. The SMILES string of the molecule is S=c1cccc(CN2CCNCC2)[nH]1. The minimum absolute atomic E-state index is 0.817. The van der Waals surface area contributed by atoms with E-state index in [1.165, 1.54) is 5.69 Å². The van der Waals surface area contributed by atoms with Gasteiger partial charge in [-0.3, -0.25) is 4.90 Å². The van der Waals surface area contributed by atoms with E-state index in [1.807, 2.05) is 12.1 Å². The zero-order chi connectivity index (χ0) is 9.80. The van der Waals surface area contributed by atoms with Gasteiger partial charge in [0.25, 0.3) is 0 Å². The van der Waals surface area contributed by atoms with Gasteiger partial charge in [0.2, 0.25) is 0 Å². The molecule has 2 heterocycles. The van der Waals surface area contributed by atoms with Crippen LogP contribution >= 0.6 is 12.2 Å². The summed E-state index contributed by atoms with van der Waals surface area (Å²) in [6, 6.07) is 6.02. The number of rotatable bonds is 2. The lowest BCUT2D eigenvalue weighted by atomic mass is 10.3. The van der Waals surface area contributed by atoms with Crippen LogP contribution in [-0.4, -0.2) is 36.1 Å². The van der Waals surface area contributed by atoms with E-state index in [2.05, 4.69) is 21.3 Å². The van der Waals surface area contributed by atoms with Gasteiger partial charge >= 0.3 is 0 Å². The van der Waals surface area contributed by atoms with Crippen LogP contribution in [0.5, 0.6) is 0 Å². The maximum absolute atomic E-state index is 5.08. The molecule has 76 valence electrons. The predicted molar refractivity (Wildman–Crippen MR) is 59.8 cm³/mol. The van der Waals surface area contributed by atoms with Crippen LogP contribution < -0.4 is 5.32 Å². The highest BCUT2D eigenvalue weighted by Gasteiger charge is 2.09. The predicted octanol–water partition coefficient (Wildman–Crippen LogP) is 1.15. The molecule has 1 fully saturated rings. The molecule has 1 aromatic rings. The summed E-state index contributed by atoms with van der Waals surface area (Å²) < 4.78 is 0.817. The Morgan fingerprint density at radius 1 is 1.29 bits per heavy atom. The number of hydrogen-bond acceptors (Lipinski definition) is 3.